The van der Waals surface area contributed by atoms with Crippen molar-refractivity contribution >= 4 is 6.09 Å². The molecule has 0 radical (unpaired) electrons. The molecule has 0 aromatic rings. The number of hydrogen-bond acceptors (Lipinski definition) is 3. The molecule has 4 nitrogen and oxygen atoms in total. The van der Waals surface area contributed by atoms with E-state index in [1.54, 1.807) is 0 Å². The average molecular weight is 290 g/mol. The zero-order chi connectivity index (χ0) is 15.3. The molecule has 0 aromatic heterocycles. The average Bonchev–Trinajstić information content (AvgIpc) is 2.34. The van der Waals surface area contributed by atoms with Crippen molar-refractivity contribution in [2.75, 3.05) is 6.54 Å². The molecule has 4 bridgehead atoms. The van der Waals surface area contributed by atoms with E-state index in [-0.39, 0.29) is 17.4 Å². The lowest BCUT2D eigenvalue weighted by Crippen LogP contribution is -2.54. The van der Waals surface area contributed by atoms with E-state index in [1.807, 2.05) is 20.8 Å². The van der Waals surface area contributed by atoms with Crippen LogP contribution in [0.5, 0.6) is 0 Å². The fourth-order valence-electron chi connectivity index (χ4n) is 5.19. The van der Waals surface area contributed by atoms with Gasteiger partial charge in [0.2, 0.25) is 0 Å². The van der Waals surface area contributed by atoms with Crippen molar-refractivity contribution in [2.45, 2.75) is 58.5 Å². The van der Waals surface area contributed by atoms with Crippen LogP contribution in [0, 0.1) is 40.4 Å². The molecular formula is C17H26N2O2. The minimum Gasteiger partial charge on any atom is -0.444 e. The zero-order valence-corrected chi connectivity index (χ0v) is 13.3. The fourth-order valence-corrected chi connectivity index (χ4v) is 5.19. The summed E-state index contributed by atoms with van der Waals surface area (Å²) >= 11 is 0. The van der Waals surface area contributed by atoms with Gasteiger partial charge in [-0.3, -0.25) is 0 Å². The first-order valence-corrected chi connectivity index (χ1v) is 8.17. The Balaban J connectivity index is 1.62. The van der Waals surface area contributed by atoms with Gasteiger partial charge in [-0.05, 0) is 76.0 Å². The molecule has 1 N–H and O–H groups in total. The van der Waals surface area contributed by atoms with Gasteiger partial charge in [-0.1, -0.05) is 0 Å². The fraction of sp³-hybridized carbons (Fsp3) is 0.882. The first kappa shape index (κ1) is 14.7. The van der Waals surface area contributed by atoms with Crippen molar-refractivity contribution in [1.82, 2.24) is 5.32 Å². The SMILES string of the molecule is CC(C)(C)OC(=O)NCC12CC3CC(C1)C(C#N)C(C3)C2. The van der Waals surface area contributed by atoms with Crippen LogP contribution in [0.3, 0.4) is 0 Å². The maximum absolute atomic E-state index is 11.9. The molecule has 116 valence electrons. The lowest BCUT2D eigenvalue weighted by atomic mass is 9.46. The van der Waals surface area contributed by atoms with Crippen LogP contribution >= 0.6 is 0 Å². The largest absolute Gasteiger partial charge is 0.444 e. The Kier molecular flexibility index (Phi) is 3.43. The number of alkyl carbamates (subject to hydrolysis) is 1. The van der Waals surface area contributed by atoms with Crippen molar-refractivity contribution in [2.24, 2.45) is 29.1 Å². The summed E-state index contributed by atoms with van der Waals surface area (Å²) in [4.78, 5) is 11.9. The molecule has 1 amide bonds. The van der Waals surface area contributed by atoms with E-state index in [4.69, 9.17) is 4.74 Å². The summed E-state index contributed by atoms with van der Waals surface area (Å²) in [7, 11) is 0. The minimum absolute atomic E-state index is 0.223. The number of hydrogen-bond donors (Lipinski definition) is 1. The smallest absolute Gasteiger partial charge is 0.407 e. The molecule has 0 aromatic carbocycles. The molecule has 2 atom stereocenters. The highest BCUT2D eigenvalue weighted by atomic mass is 16.6. The third kappa shape index (κ3) is 2.88. The Hall–Kier alpha value is -1.24. The van der Waals surface area contributed by atoms with Gasteiger partial charge in [0.1, 0.15) is 5.60 Å². The van der Waals surface area contributed by atoms with Gasteiger partial charge in [-0.25, -0.2) is 4.79 Å². The molecule has 4 aliphatic carbocycles. The van der Waals surface area contributed by atoms with Gasteiger partial charge in [0.05, 0.1) is 12.0 Å². The van der Waals surface area contributed by atoms with E-state index in [0.29, 0.717) is 18.4 Å². The Bertz CT molecular complexity index is 458. The molecule has 0 heterocycles. The van der Waals surface area contributed by atoms with Crippen LogP contribution in [0.15, 0.2) is 0 Å². The Labute approximate surface area is 127 Å². The number of carbonyl (C=O) groups excluding carboxylic acids is 1. The standard InChI is InChI=1S/C17H26N2O2/c1-16(2,3)21-15(20)19-10-17-6-11-4-12(7-17)14(9-18)13(5-11)8-17/h11-14H,4-8,10H2,1-3H3,(H,19,20). The first-order valence-electron chi connectivity index (χ1n) is 8.17. The van der Waals surface area contributed by atoms with E-state index in [9.17, 15) is 10.1 Å². The molecule has 21 heavy (non-hydrogen) atoms. The van der Waals surface area contributed by atoms with Crippen LogP contribution in [-0.4, -0.2) is 18.2 Å². The third-order valence-corrected chi connectivity index (χ3v) is 5.56. The number of amides is 1. The molecule has 4 fully saturated rings. The number of nitriles is 1. The molecule has 2 unspecified atom stereocenters. The number of nitrogens with zero attached hydrogens (tertiary/aromatic N) is 1. The summed E-state index contributed by atoms with van der Waals surface area (Å²) in [5.74, 6) is 2.15. The maximum atomic E-state index is 11.9. The van der Waals surface area contributed by atoms with Crippen LogP contribution in [0.4, 0.5) is 4.79 Å². The maximum Gasteiger partial charge on any atom is 0.407 e. The number of rotatable bonds is 2. The number of carbonyl (C=O) groups is 1. The van der Waals surface area contributed by atoms with Crippen molar-refractivity contribution < 1.29 is 9.53 Å². The summed E-state index contributed by atoms with van der Waals surface area (Å²) in [6.45, 7) is 6.36. The molecule has 0 aliphatic heterocycles. The van der Waals surface area contributed by atoms with Crippen molar-refractivity contribution in [1.29, 1.82) is 5.26 Å². The van der Waals surface area contributed by atoms with Gasteiger partial charge in [0, 0.05) is 6.54 Å². The topological polar surface area (TPSA) is 62.1 Å². The van der Waals surface area contributed by atoms with Gasteiger partial charge < -0.3 is 10.1 Å². The van der Waals surface area contributed by atoms with E-state index >= 15 is 0 Å². The summed E-state index contributed by atoms with van der Waals surface area (Å²) in [6.07, 6.45) is 5.57. The molecule has 4 saturated carbocycles. The van der Waals surface area contributed by atoms with Gasteiger partial charge in [0.15, 0.2) is 0 Å². The highest BCUT2D eigenvalue weighted by Gasteiger charge is 2.55. The highest BCUT2D eigenvalue weighted by molar-refractivity contribution is 5.67. The van der Waals surface area contributed by atoms with Gasteiger partial charge in [0.25, 0.3) is 0 Å². The molecular weight excluding hydrogens is 264 g/mol. The molecule has 4 rings (SSSR count). The van der Waals surface area contributed by atoms with Gasteiger partial charge in [-0.15, -0.1) is 0 Å². The predicted octanol–water partition coefficient (Wildman–Crippen LogP) is 3.48. The van der Waals surface area contributed by atoms with Crippen LogP contribution < -0.4 is 5.32 Å². The molecule has 0 spiro atoms. The second-order valence-corrected chi connectivity index (χ2v) is 8.48. The van der Waals surface area contributed by atoms with E-state index < -0.39 is 5.60 Å². The van der Waals surface area contributed by atoms with E-state index in [1.165, 1.54) is 19.3 Å². The molecule has 0 saturated heterocycles. The normalized spacial score (nSPS) is 40.7. The summed E-state index contributed by atoms with van der Waals surface area (Å²) in [6, 6.07) is 2.55. The number of ether oxygens (including phenoxy) is 1. The quantitative estimate of drug-likeness (QED) is 0.847. The zero-order valence-electron chi connectivity index (χ0n) is 13.3. The lowest BCUT2D eigenvalue weighted by molar-refractivity contribution is -0.0765. The van der Waals surface area contributed by atoms with E-state index in [2.05, 4.69) is 11.4 Å². The van der Waals surface area contributed by atoms with Gasteiger partial charge >= 0.3 is 6.09 Å². The van der Waals surface area contributed by atoms with Crippen LogP contribution in [-0.2, 0) is 4.74 Å². The number of nitrogens with one attached hydrogen (secondary N) is 1. The van der Waals surface area contributed by atoms with Gasteiger partial charge in [-0.2, -0.15) is 5.26 Å². The minimum atomic E-state index is -0.447. The van der Waals surface area contributed by atoms with Crippen LogP contribution in [0.1, 0.15) is 52.9 Å². The Morgan fingerprint density at radius 1 is 1.29 bits per heavy atom. The summed E-state index contributed by atoms with van der Waals surface area (Å²) in [5, 5.41) is 12.4. The van der Waals surface area contributed by atoms with Crippen LogP contribution in [0.25, 0.3) is 0 Å². The van der Waals surface area contributed by atoms with Crippen molar-refractivity contribution in [3.05, 3.63) is 0 Å². The Morgan fingerprint density at radius 3 is 2.43 bits per heavy atom. The molecule has 4 aliphatic rings. The second kappa shape index (κ2) is 4.90. The van der Waals surface area contributed by atoms with Crippen molar-refractivity contribution in [3.8, 4) is 6.07 Å². The monoisotopic (exact) mass is 290 g/mol. The van der Waals surface area contributed by atoms with Crippen LogP contribution in [0.2, 0.25) is 0 Å². The second-order valence-electron chi connectivity index (χ2n) is 8.48. The van der Waals surface area contributed by atoms with E-state index in [0.717, 1.165) is 18.8 Å². The highest BCUT2D eigenvalue weighted by Crippen LogP contribution is 2.61. The molecule has 4 heteroatoms. The summed E-state index contributed by atoms with van der Waals surface area (Å²) < 4.78 is 5.34. The van der Waals surface area contributed by atoms with Crippen molar-refractivity contribution in [3.63, 3.8) is 0 Å². The summed E-state index contributed by atoms with van der Waals surface area (Å²) in [5.41, 5.74) is -0.224. The lowest BCUT2D eigenvalue weighted by Gasteiger charge is -2.58. The third-order valence-electron chi connectivity index (χ3n) is 5.56. The Morgan fingerprint density at radius 2 is 1.90 bits per heavy atom. The predicted molar refractivity (Wildman–Crippen MR) is 79.3 cm³/mol. The first-order chi connectivity index (χ1) is 9.80.